The number of hydrogen-bond acceptors (Lipinski definition) is 2. The summed E-state index contributed by atoms with van der Waals surface area (Å²) < 4.78 is 7.07. The second-order valence-electron chi connectivity index (χ2n) is 6.22. The molecule has 0 aliphatic heterocycles. The topological polar surface area (TPSA) is 21.3 Å². The Labute approximate surface area is 178 Å². The van der Waals surface area contributed by atoms with E-state index in [9.17, 15) is 0 Å². The fourth-order valence-electron chi connectivity index (χ4n) is 2.68. The van der Waals surface area contributed by atoms with Crippen molar-refractivity contribution in [1.29, 1.82) is 0 Å². The van der Waals surface area contributed by atoms with Crippen molar-refractivity contribution in [2.24, 2.45) is 0 Å². The van der Waals surface area contributed by atoms with E-state index in [4.69, 9.17) is 27.9 Å². The zero-order chi connectivity index (χ0) is 19.1. The molecular weight excluding hydrogens is 445 g/mol. The van der Waals surface area contributed by atoms with Gasteiger partial charge in [-0.25, -0.2) is 0 Å². The molecule has 0 bridgehead atoms. The molecule has 3 rings (SSSR count). The van der Waals surface area contributed by atoms with Crippen molar-refractivity contribution in [3.8, 4) is 5.75 Å². The highest BCUT2D eigenvalue weighted by atomic mass is 79.9. The van der Waals surface area contributed by atoms with Gasteiger partial charge in [-0.15, -0.1) is 0 Å². The summed E-state index contributed by atoms with van der Waals surface area (Å²) >= 11 is 15.4. The number of halogens is 3. The fourth-order valence-corrected chi connectivity index (χ4v) is 3.34. The van der Waals surface area contributed by atoms with E-state index in [1.165, 1.54) is 5.56 Å². The minimum Gasteiger partial charge on any atom is -0.489 e. The Kier molecular flexibility index (Phi) is 7.59. The van der Waals surface area contributed by atoms with Gasteiger partial charge in [-0.05, 0) is 66.6 Å². The normalized spacial score (nSPS) is 10.8. The van der Waals surface area contributed by atoms with E-state index >= 15 is 0 Å². The predicted octanol–water partition coefficient (Wildman–Crippen LogP) is 6.67. The lowest BCUT2D eigenvalue weighted by molar-refractivity contribution is 0.302. The highest BCUT2D eigenvalue weighted by molar-refractivity contribution is 9.10. The Balaban J connectivity index is 1.55. The molecule has 3 aromatic rings. The number of rotatable bonds is 8. The summed E-state index contributed by atoms with van der Waals surface area (Å²) in [6, 6.07) is 21.8. The summed E-state index contributed by atoms with van der Waals surface area (Å²) in [4.78, 5) is 0. The van der Waals surface area contributed by atoms with Crippen LogP contribution in [0.2, 0.25) is 10.0 Å². The second-order valence-corrected chi connectivity index (χ2v) is 8.01. The van der Waals surface area contributed by atoms with E-state index in [-0.39, 0.29) is 0 Å². The lowest BCUT2D eigenvalue weighted by Crippen LogP contribution is -2.17. The highest BCUT2D eigenvalue weighted by Gasteiger charge is 2.06. The van der Waals surface area contributed by atoms with Gasteiger partial charge >= 0.3 is 0 Å². The number of hydrogen-bond donors (Lipinski definition) is 1. The summed E-state index contributed by atoms with van der Waals surface area (Å²) in [5.41, 5.74) is 3.47. The van der Waals surface area contributed by atoms with Gasteiger partial charge in [0.15, 0.2) is 0 Å². The van der Waals surface area contributed by atoms with Crippen LogP contribution in [0.25, 0.3) is 0 Å². The zero-order valence-corrected chi connectivity index (χ0v) is 17.8. The van der Waals surface area contributed by atoms with Crippen LogP contribution in [0.5, 0.6) is 5.75 Å². The summed E-state index contributed by atoms with van der Waals surface area (Å²) in [5, 5.41) is 4.98. The van der Waals surface area contributed by atoms with Crippen molar-refractivity contribution in [2.45, 2.75) is 19.6 Å². The average molecular weight is 465 g/mol. The quantitative estimate of drug-likeness (QED) is 0.376. The molecule has 0 saturated carbocycles. The molecule has 0 aliphatic carbocycles. The largest absolute Gasteiger partial charge is 0.489 e. The molecule has 0 saturated heterocycles. The molecule has 0 aromatic heterocycles. The summed E-state index contributed by atoms with van der Waals surface area (Å²) in [6.45, 7) is 2.13. The van der Waals surface area contributed by atoms with Gasteiger partial charge in [0.25, 0.3) is 0 Å². The van der Waals surface area contributed by atoms with Crippen molar-refractivity contribution in [2.75, 3.05) is 6.54 Å². The lowest BCUT2D eigenvalue weighted by atomic mass is 10.1. The molecule has 0 fully saturated rings. The Morgan fingerprint density at radius 3 is 2.11 bits per heavy atom. The molecule has 0 amide bonds. The van der Waals surface area contributed by atoms with Crippen molar-refractivity contribution in [3.63, 3.8) is 0 Å². The molecule has 0 radical (unpaired) electrons. The Hall–Kier alpha value is -1.52. The minimum absolute atomic E-state index is 0.510. The van der Waals surface area contributed by atoms with E-state index in [2.05, 4.69) is 39.4 Å². The van der Waals surface area contributed by atoms with Gasteiger partial charge in [-0.2, -0.15) is 0 Å². The smallest absolute Gasteiger partial charge is 0.124 e. The number of benzene rings is 3. The monoisotopic (exact) mass is 463 g/mol. The van der Waals surface area contributed by atoms with Crippen LogP contribution in [0.1, 0.15) is 16.7 Å². The van der Waals surface area contributed by atoms with E-state index in [1.807, 2.05) is 48.5 Å². The third-order valence-electron chi connectivity index (χ3n) is 4.15. The molecule has 5 heteroatoms. The molecule has 0 unspecified atom stereocenters. The van der Waals surface area contributed by atoms with E-state index in [1.54, 1.807) is 0 Å². The lowest BCUT2D eigenvalue weighted by Gasteiger charge is -2.13. The molecule has 140 valence electrons. The zero-order valence-electron chi connectivity index (χ0n) is 14.7. The first kappa shape index (κ1) is 20.2. The van der Waals surface area contributed by atoms with Gasteiger partial charge in [-0.3, -0.25) is 0 Å². The van der Waals surface area contributed by atoms with Crippen LogP contribution in [0.15, 0.2) is 71.2 Å². The molecule has 0 spiro atoms. The predicted molar refractivity (Wildman–Crippen MR) is 117 cm³/mol. The van der Waals surface area contributed by atoms with Crippen molar-refractivity contribution >= 4 is 39.1 Å². The molecule has 3 aromatic carbocycles. The molecule has 1 N–H and O–H groups in total. The third-order valence-corrected chi connectivity index (χ3v) is 5.15. The van der Waals surface area contributed by atoms with Crippen LogP contribution in [0.4, 0.5) is 0 Å². The van der Waals surface area contributed by atoms with Crippen LogP contribution in [0.3, 0.4) is 0 Å². The van der Waals surface area contributed by atoms with Crippen LogP contribution in [-0.2, 0) is 19.6 Å². The van der Waals surface area contributed by atoms with Crippen molar-refractivity contribution in [3.05, 3.63) is 97.9 Å². The SMILES string of the molecule is Clc1ccc(CCNCc2cc(Br)ccc2OCc2ccc(Cl)cc2)cc1. The van der Waals surface area contributed by atoms with Gasteiger partial charge in [0.05, 0.1) is 0 Å². The molecule has 2 nitrogen and oxygen atoms in total. The first-order valence-corrected chi connectivity index (χ1v) is 10.3. The molecular formula is C22H20BrCl2NO. The average Bonchev–Trinajstić information content (AvgIpc) is 2.67. The molecule has 27 heavy (non-hydrogen) atoms. The van der Waals surface area contributed by atoms with Crippen LogP contribution in [0, 0.1) is 0 Å². The van der Waals surface area contributed by atoms with E-state index in [0.717, 1.165) is 50.9 Å². The first-order chi connectivity index (χ1) is 13.1. The maximum Gasteiger partial charge on any atom is 0.124 e. The van der Waals surface area contributed by atoms with Gasteiger partial charge in [0.2, 0.25) is 0 Å². The van der Waals surface area contributed by atoms with Crippen LogP contribution < -0.4 is 10.1 Å². The van der Waals surface area contributed by atoms with Crippen molar-refractivity contribution in [1.82, 2.24) is 5.32 Å². The van der Waals surface area contributed by atoms with Crippen LogP contribution in [-0.4, -0.2) is 6.54 Å². The van der Waals surface area contributed by atoms with Crippen LogP contribution >= 0.6 is 39.1 Å². The highest BCUT2D eigenvalue weighted by Crippen LogP contribution is 2.24. The summed E-state index contributed by atoms with van der Waals surface area (Å²) in [5.74, 6) is 0.882. The maximum atomic E-state index is 6.03. The van der Waals surface area contributed by atoms with Gasteiger partial charge in [0, 0.05) is 26.6 Å². The van der Waals surface area contributed by atoms with E-state index < -0.39 is 0 Å². The summed E-state index contributed by atoms with van der Waals surface area (Å²) in [7, 11) is 0. The van der Waals surface area contributed by atoms with E-state index in [0.29, 0.717) is 6.61 Å². The van der Waals surface area contributed by atoms with Gasteiger partial charge in [-0.1, -0.05) is 63.4 Å². The minimum atomic E-state index is 0.510. The molecule has 0 atom stereocenters. The summed E-state index contributed by atoms with van der Waals surface area (Å²) in [6.07, 6.45) is 0.951. The number of ether oxygens (including phenoxy) is 1. The molecule has 0 heterocycles. The van der Waals surface area contributed by atoms with Gasteiger partial charge < -0.3 is 10.1 Å². The second kappa shape index (κ2) is 10.1. The molecule has 0 aliphatic rings. The first-order valence-electron chi connectivity index (χ1n) is 8.71. The standard InChI is InChI=1S/C22H20BrCl2NO/c23-19-5-10-22(27-15-17-3-8-21(25)9-4-17)18(13-19)14-26-12-11-16-1-6-20(24)7-2-16/h1-10,13,26H,11-12,14-15H2. The number of nitrogens with one attached hydrogen (secondary N) is 1. The van der Waals surface area contributed by atoms with Crippen molar-refractivity contribution < 1.29 is 4.74 Å². The Morgan fingerprint density at radius 1 is 0.815 bits per heavy atom. The maximum absolute atomic E-state index is 6.03. The Bertz CT molecular complexity index is 866. The third kappa shape index (κ3) is 6.54. The Morgan fingerprint density at radius 2 is 1.44 bits per heavy atom. The van der Waals surface area contributed by atoms with Gasteiger partial charge in [0.1, 0.15) is 12.4 Å². The fraction of sp³-hybridized carbons (Fsp3) is 0.182.